The van der Waals surface area contributed by atoms with Gasteiger partial charge in [0, 0.05) is 43.5 Å². The van der Waals surface area contributed by atoms with Gasteiger partial charge in [-0.2, -0.15) is 4.31 Å². The molecule has 1 aliphatic rings. The highest BCUT2D eigenvalue weighted by Crippen LogP contribution is 2.25. The van der Waals surface area contributed by atoms with E-state index in [9.17, 15) is 13.2 Å². The highest BCUT2D eigenvalue weighted by Gasteiger charge is 2.33. The maximum absolute atomic E-state index is 13.4. The van der Waals surface area contributed by atoms with E-state index in [0.29, 0.717) is 26.1 Å². The summed E-state index contributed by atoms with van der Waals surface area (Å²) in [4.78, 5) is 18.5. The minimum atomic E-state index is -3.69. The number of benzene rings is 1. The molecule has 0 saturated carbocycles. The van der Waals surface area contributed by atoms with Gasteiger partial charge in [-0.25, -0.2) is 13.2 Å². The molecule has 0 aliphatic carbocycles. The Balaban J connectivity index is 1.85. The smallest absolute Gasteiger partial charge is 0.410 e. The van der Waals surface area contributed by atoms with Crippen molar-refractivity contribution >= 4 is 26.9 Å². The summed E-state index contributed by atoms with van der Waals surface area (Å²) in [5.74, 6) is 0. The first-order chi connectivity index (χ1) is 13.6. The Labute approximate surface area is 172 Å². The molecule has 1 aromatic heterocycles. The van der Waals surface area contributed by atoms with Crippen LogP contribution in [0.1, 0.15) is 40.5 Å². The van der Waals surface area contributed by atoms with Crippen LogP contribution in [0.3, 0.4) is 0 Å². The lowest BCUT2D eigenvalue weighted by molar-refractivity contribution is 0.0197. The van der Waals surface area contributed by atoms with E-state index in [1.807, 2.05) is 27.7 Å². The molecule has 1 atom stereocenters. The van der Waals surface area contributed by atoms with Gasteiger partial charge in [-0.1, -0.05) is 6.07 Å². The van der Waals surface area contributed by atoms with Gasteiger partial charge in [0.1, 0.15) is 5.60 Å². The van der Waals surface area contributed by atoms with E-state index < -0.39 is 21.7 Å². The zero-order chi connectivity index (χ0) is 21.2. The lowest BCUT2D eigenvalue weighted by Crippen LogP contribution is -2.50. The van der Waals surface area contributed by atoms with Gasteiger partial charge >= 0.3 is 6.09 Å². The lowest BCUT2D eigenvalue weighted by atomic mass is 10.2. The highest BCUT2D eigenvalue weighted by atomic mass is 32.2. The van der Waals surface area contributed by atoms with Crippen LogP contribution in [-0.4, -0.2) is 60.0 Å². The number of fused-ring (bicyclic) bond motifs is 1. The molecule has 0 bridgehead atoms. The number of carbonyl (C=O) groups excluding carboxylic acids is 1. The van der Waals surface area contributed by atoms with Crippen molar-refractivity contribution in [1.82, 2.24) is 14.2 Å². The summed E-state index contributed by atoms with van der Waals surface area (Å²) in [5.41, 5.74) is -0.589. The van der Waals surface area contributed by atoms with Gasteiger partial charge in [-0.3, -0.25) is 4.98 Å². The third-order valence-corrected chi connectivity index (χ3v) is 6.91. The lowest BCUT2D eigenvalue weighted by Gasteiger charge is -2.36. The summed E-state index contributed by atoms with van der Waals surface area (Å²) in [5, 5.41) is 1.72. The second kappa shape index (κ2) is 8.28. The van der Waals surface area contributed by atoms with Crippen LogP contribution in [0.25, 0.3) is 10.8 Å². The molecule has 2 heterocycles. The van der Waals surface area contributed by atoms with E-state index in [0.717, 1.165) is 17.2 Å². The molecule has 1 unspecified atom stereocenters. The van der Waals surface area contributed by atoms with E-state index in [1.54, 1.807) is 41.6 Å². The Hall–Kier alpha value is -2.19. The average Bonchev–Trinajstić information content (AvgIpc) is 2.62. The first kappa shape index (κ1) is 21.5. The molecular weight excluding hydrogens is 390 g/mol. The Morgan fingerprint density at radius 2 is 1.86 bits per heavy atom. The summed E-state index contributed by atoms with van der Waals surface area (Å²) in [7, 11) is -3.69. The Kier molecular flexibility index (Phi) is 6.14. The molecule has 29 heavy (non-hydrogen) atoms. The Morgan fingerprint density at radius 3 is 2.59 bits per heavy atom. The molecule has 1 fully saturated rings. The number of sulfonamides is 1. The van der Waals surface area contributed by atoms with Crippen molar-refractivity contribution in [2.45, 2.75) is 57.1 Å². The monoisotopic (exact) mass is 419 g/mol. The molecule has 0 radical (unpaired) electrons. The molecule has 1 aliphatic heterocycles. The number of ether oxygens (including phenoxy) is 1. The fourth-order valence-corrected chi connectivity index (χ4v) is 5.20. The number of rotatable bonds is 2. The third kappa shape index (κ3) is 5.05. The first-order valence-corrected chi connectivity index (χ1v) is 11.4. The van der Waals surface area contributed by atoms with Crippen molar-refractivity contribution < 1.29 is 17.9 Å². The van der Waals surface area contributed by atoms with E-state index in [2.05, 4.69) is 4.98 Å². The molecule has 7 nitrogen and oxygen atoms in total. The van der Waals surface area contributed by atoms with Crippen molar-refractivity contribution in [3.05, 3.63) is 36.7 Å². The van der Waals surface area contributed by atoms with Crippen molar-refractivity contribution in [2.75, 3.05) is 19.6 Å². The molecule has 0 N–H and O–H groups in total. The minimum absolute atomic E-state index is 0.257. The summed E-state index contributed by atoms with van der Waals surface area (Å²) >= 11 is 0. The SMILES string of the molecule is CC1CN(C(=O)OC(C)(C)C)CCCCN1S(=O)(=O)c1ccc2cnccc2c1. The van der Waals surface area contributed by atoms with E-state index >= 15 is 0 Å². The summed E-state index contributed by atoms with van der Waals surface area (Å²) in [6, 6.07) is 6.52. The van der Waals surface area contributed by atoms with Crippen molar-refractivity contribution in [1.29, 1.82) is 0 Å². The third-order valence-electron chi connectivity index (χ3n) is 4.90. The molecule has 8 heteroatoms. The Morgan fingerprint density at radius 1 is 1.14 bits per heavy atom. The first-order valence-electron chi connectivity index (χ1n) is 9.91. The van der Waals surface area contributed by atoms with Crippen LogP contribution < -0.4 is 0 Å². The predicted octanol–water partition coefficient (Wildman–Crippen LogP) is 3.64. The van der Waals surface area contributed by atoms with Crippen LogP contribution in [0.15, 0.2) is 41.6 Å². The second-order valence-electron chi connectivity index (χ2n) is 8.48. The second-order valence-corrected chi connectivity index (χ2v) is 10.4. The van der Waals surface area contributed by atoms with Gasteiger partial charge in [0.15, 0.2) is 0 Å². The van der Waals surface area contributed by atoms with Gasteiger partial charge in [0.05, 0.1) is 4.90 Å². The molecule has 158 valence electrons. The number of pyridine rings is 1. The molecule has 1 aromatic carbocycles. The number of hydrogen-bond donors (Lipinski definition) is 0. The zero-order valence-corrected chi connectivity index (χ0v) is 18.3. The van der Waals surface area contributed by atoms with Crippen LogP contribution in [-0.2, 0) is 14.8 Å². The van der Waals surface area contributed by atoms with Gasteiger partial charge in [0.25, 0.3) is 0 Å². The van der Waals surface area contributed by atoms with E-state index in [4.69, 9.17) is 4.74 Å². The normalized spacial score (nSPS) is 19.6. The van der Waals surface area contributed by atoms with Crippen molar-refractivity contribution in [3.63, 3.8) is 0 Å². The summed E-state index contributed by atoms with van der Waals surface area (Å²) < 4.78 is 33.8. The largest absolute Gasteiger partial charge is 0.444 e. The van der Waals surface area contributed by atoms with Gasteiger partial charge < -0.3 is 9.64 Å². The van der Waals surface area contributed by atoms with Crippen molar-refractivity contribution in [2.24, 2.45) is 0 Å². The number of hydrogen-bond acceptors (Lipinski definition) is 5. The molecule has 3 rings (SSSR count). The van der Waals surface area contributed by atoms with E-state index in [-0.39, 0.29) is 10.9 Å². The number of amides is 1. The maximum Gasteiger partial charge on any atom is 0.410 e. The van der Waals surface area contributed by atoms with Gasteiger partial charge in [-0.15, -0.1) is 0 Å². The molecule has 1 amide bonds. The average molecular weight is 420 g/mol. The standard InChI is InChI=1S/C21H29N3O4S/c1-16-15-23(20(25)28-21(2,3)4)11-5-6-12-24(16)29(26,27)19-8-7-18-14-22-10-9-17(18)13-19/h7-10,13-14,16H,5-6,11-12,15H2,1-4H3. The van der Waals surface area contributed by atoms with Crippen LogP contribution in [0.4, 0.5) is 4.79 Å². The fourth-order valence-electron chi connectivity index (χ4n) is 3.50. The summed E-state index contributed by atoms with van der Waals surface area (Å²) in [6.07, 6.45) is 4.36. The minimum Gasteiger partial charge on any atom is -0.444 e. The van der Waals surface area contributed by atoms with Gasteiger partial charge in [-0.05, 0) is 64.1 Å². The number of nitrogens with zero attached hydrogens (tertiary/aromatic N) is 3. The highest BCUT2D eigenvalue weighted by molar-refractivity contribution is 7.89. The van der Waals surface area contributed by atoms with Crippen LogP contribution in [0.5, 0.6) is 0 Å². The van der Waals surface area contributed by atoms with Crippen LogP contribution >= 0.6 is 0 Å². The predicted molar refractivity (Wildman–Crippen MR) is 112 cm³/mol. The molecular formula is C21H29N3O4S. The number of carbonyl (C=O) groups is 1. The topological polar surface area (TPSA) is 79.8 Å². The fraction of sp³-hybridized carbons (Fsp3) is 0.524. The Bertz CT molecular complexity index is 985. The molecule has 2 aromatic rings. The maximum atomic E-state index is 13.4. The zero-order valence-electron chi connectivity index (χ0n) is 17.5. The van der Waals surface area contributed by atoms with Gasteiger partial charge in [0.2, 0.25) is 10.0 Å². The molecule has 1 saturated heterocycles. The number of aromatic nitrogens is 1. The van der Waals surface area contributed by atoms with Crippen LogP contribution in [0.2, 0.25) is 0 Å². The van der Waals surface area contributed by atoms with Crippen LogP contribution in [0, 0.1) is 0 Å². The summed E-state index contributed by atoms with van der Waals surface area (Å²) in [6.45, 7) is 8.60. The molecule has 0 spiro atoms. The van der Waals surface area contributed by atoms with Crippen molar-refractivity contribution in [3.8, 4) is 0 Å². The van der Waals surface area contributed by atoms with E-state index in [1.165, 1.54) is 4.31 Å². The quantitative estimate of drug-likeness (QED) is 0.742.